The molecule has 0 saturated heterocycles. The van der Waals surface area contributed by atoms with Gasteiger partial charge in [0.1, 0.15) is 5.69 Å². The predicted octanol–water partition coefficient (Wildman–Crippen LogP) is 2.31. The van der Waals surface area contributed by atoms with Crippen LogP contribution in [-0.4, -0.2) is 9.91 Å². The molecule has 0 bridgehead atoms. The molecule has 6 heteroatoms. The average Bonchev–Trinajstić information content (AvgIpc) is 2.59. The molecule has 1 heterocycles. The summed E-state index contributed by atoms with van der Waals surface area (Å²) in [6, 6.07) is 2.90. The minimum absolute atomic E-state index is 0.135. The summed E-state index contributed by atoms with van der Waals surface area (Å²) in [4.78, 5) is 12.9. The third-order valence-electron chi connectivity index (χ3n) is 2.01. The van der Waals surface area contributed by atoms with Crippen LogP contribution in [0.1, 0.15) is 0 Å². The highest BCUT2D eigenvalue weighted by Crippen LogP contribution is 2.34. The Morgan fingerprint density at radius 3 is 2.93 bits per heavy atom. The van der Waals surface area contributed by atoms with E-state index >= 15 is 0 Å². The van der Waals surface area contributed by atoms with Crippen molar-refractivity contribution in [1.29, 1.82) is 0 Å². The van der Waals surface area contributed by atoms with Crippen LogP contribution in [0.2, 0.25) is 5.02 Å². The Hall–Kier alpha value is -1.75. The molecule has 0 saturated carbocycles. The van der Waals surface area contributed by atoms with Gasteiger partial charge in [-0.1, -0.05) is 11.6 Å². The van der Waals surface area contributed by atoms with Crippen LogP contribution in [-0.2, 0) is 0 Å². The normalized spacial score (nSPS) is 10.6. The van der Waals surface area contributed by atoms with Crippen molar-refractivity contribution in [2.24, 2.45) is 0 Å². The standard InChI is InChI=1S/C8H6ClN3O2/c9-5-3-6(12(13)14)7(10)4-1-2-11-8(4)5/h1-3,11H,10H2. The Bertz CT molecular complexity index is 521. The van der Waals surface area contributed by atoms with Crippen molar-refractivity contribution in [3.63, 3.8) is 0 Å². The topological polar surface area (TPSA) is 84.9 Å². The fourth-order valence-corrected chi connectivity index (χ4v) is 1.61. The predicted molar refractivity (Wildman–Crippen MR) is 54.4 cm³/mol. The second kappa shape index (κ2) is 2.88. The maximum atomic E-state index is 10.6. The minimum atomic E-state index is -0.548. The number of nitrogens with two attached hydrogens (primary N) is 1. The number of aromatic nitrogens is 1. The van der Waals surface area contributed by atoms with Gasteiger partial charge < -0.3 is 10.7 Å². The molecule has 1 aromatic carbocycles. The molecule has 1 aromatic heterocycles. The molecule has 14 heavy (non-hydrogen) atoms. The number of nitrogens with zero attached hydrogens (tertiary/aromatic N) is 1. The lowest BCUT2D eigenvalue weighted by atomic mass is 10.2. The van der Waals surface area contributed by atoms with Crippen LogP contribution in [0.15, 0.2) is 18.3 Å². The van der Waals surface area contributed by atoms with E-state index in [0.717, 1.165) is 0 Å². The smallest absolute Gasteiger partial charge is 0.294 e. The first kappa shape index (κ1) is 8.83. The van der Waals surface area contributed by atoms with E-state index < -0.39 is 4.92 Å². The number of halogens is 1. The molecule has 0 spiro atoms. The number of H-pyrrole nitrogens is 1. The highest BCUT2D eigenvalue weighted by Gasteiger charge is 2.17. The number of aromatic amines is 1. The highest BCUT2D eigenvalue weighted by molar-refractivity contribution is 6.36. The van der Waals surface area contributed by atoms with Crippen molar-refractivity contribution < 1.29 is 4.92 Å². The third kappa shape index (κ3) is 1.10. The molecule has 0 fully saturated rings. The molecule has 0 aliphatic rings. The largest absolute Gasteiger partial charge is 0.393 e. The van der Waals surface area contributed by atoms with Crippen LogP contribution >= 0.6 is 11.6 Å². The van der Waals surface area contributed by atoms with Crippen molar-refractivity contribution in [2.75, 3.05) is 5.73 Å². The maximum Gasteiger partial charge on any atom is 0.294 e. The number of nitro benzene ring substituents is 1. The van der Waals surface area contributed by atoms with Crippen LogP contribution in [0.3, 0.4) is 0 Å². The van der Waals surface area contributed by atoms with E-state index in [0.29, 0.717) is 15.9 Å². The Balaban J connectivity index is 2.88. The van der Waals surface area contributed by atoms with Crippen molar-refractivity contribution in [1.82, 2.24) is 4.98 Å². The molecule has 2 aromatic rings. The molecule has 0 aliphatic heterocycles. The van der Waals surface area contributed by atoms with Crippen molar-refractivity contribution >= 4 is 33.9 Å². The van der Waals surface area contributed by atoms with Gasteiger partial charge >= 0.3 is 0 Å². The summed E-state index contributed by atoms with van der Waals surface area (Å²) in [7, 11) is 0. The van der Waals surface area contributed by atoms with Crippen LogP contribution in [0.5, 0.6) is 0 Å². The zero-order chi connectivity index (χ0) is 10.3. The van der Waals surface area contributed by atoms with Crippen molar-refractivity contribution in [2.45, 2.75) is 0 Å². The molecule has 0 atom stereocenters. The number of rotatable bonds is 1. The van der Waals surface area contributed by atoms with Crippen LogP contribution in [0.4, 0.5) is 11.4 Å². The number of hydrogen-bond acceptors (Lipinski definition) is 3. The number of anilines is 1. The molecule has 0 radical (unpaired) electrons. The third-order valence-corrected chi connectivity index (χ3v) is 2.31. The first-order valence-electron chi connectivity index (χ1n) is 3.80. The summed E-state index contributed by atoms with van der Waals surface area (Å²) >= 11 is 5.83. The van der Waals surface area contributed by atoms with Gasteiger partial charge in [0.05, 0.1) is 15.5 Å². The molecule has 5 nitrogen and oxygen atoms in total. The molecule has 0 unspecified atom stereocenters. The fourth-order valence-electron chi connectivity index (χ4n) is 1.35. The average molecular weight is 212 g/mol. The Labute approximate surface area is 83.6 Å². The van der Waals surface area contributed by atoms with E-state index in [1.54, 1.807) is 12.3 Å². The Kier molecular flexibility index (Phi) is 1.82. The molecule has 72 valence electrons. The van der Waals surface area contributed by atoms with Crippen LogP contribution in [0, 0.1) is 10.1 Å². The molecule has 0 aliphatic carbocycles. The summed E-state index contributed by atoms with van der Waals surface area (Å²) in [6.07, 6.45) is 1.64. The number of fused-ring (bicyclic) bond motifs is 1. The van der Waals surface area contributed by atoms with Crippen molar-refractivity contribution in [3.05, 3.63) is 33.5 Å². The second-order valence-corrected chi connectivity index (χ2v) is 3.22. The van der Waals surface area contributed by atoms with Crippen LogP contribution < -0.4 is 5.73 Å². The molecular weight excluding hydrogens is 206 g/mol. The Morgan fingerprint density at radius 2 is 2.29 bits per heavy atom. The summed E-state index contributed by atoms with van der Waals surface area (Å²) in [5.74, 6) is 0. The second-order valence-electron chi connectivity index (χ2n) is 2.81. The first-order chi connectivity index (χ1) is 6.61. The number of benzene rings is 1. The summed E-state index contributed by atoms with van der Waals surface area (Å²) in [6.45, 7) is 0. The number of nitro groups is 1. The number of hydrogen-bond donors (Lipinski definition) is 2. The van der Waals surface area contributed by atoms with Gasteiger partial charge in [0.25, 0.3) is 5.69 Å². The SMILES string of the molecule is Nc1c([N+](=O)[O-])cc(Cl)c2[nH]ccc12. The lowest BCUT2D eigenvalue weighted by Crippen LogP contribution is -1.96. The highest BCUT2D eigenvalue weighted by atomic mass is 35.5. The van der Waals surface area contributed by atoms with Gasteiger partial charge in [0, 0.05) is 17.6 Å². The van der Waals surface area contributed by atoms with E-state index in [1.165, 1.54) is 6.07 Å². The number of nitrogens with one attached hydrogen (secondary N) is 1. The summed E-state index contributed by atoms with van der Waals surface area (Å²) in [5.41, 5.74) is 6.20. The van der Waals surface area contributed by atoms with E-state index in [1.807, 2.05) is 0 Å². The summed E-state index contributed by atoms with van der Waals surface area (Å²) < 4.78 is 0. The van der Waals surface area contributed by atoms with Gasteiger partial charge in [-0.15, -0.1) is 0 Å². The fraction of sp³-hybridized carbons (Fsp3) is 0. The monoisotopic (exact) mass is 211 g/mol. The van der Waals surface area contributed by atoms with E-state index in [4.69, 9.17) is 17.3 Å². The van der Waals surface area contributed by atoms with Gasteiger partial charge in [0.2, 0.25) is 0 Å². The summed E-state index contributed by atoms with van der Waals surface area (Å²) in [5, 5.41) is 11.5. The lowest BCUT2D eigenvalue weighted by molar-refractivity contribution is -0.383. The van der Waals surface area contributed by atoms with Gasteiger partial charge in [-0.2, -0.15) is 0 Å². The van der Waals surface area contributed by atoms with Crippen molar-refractivity contribution in [3.8, 4) is 0 Å². The van der Waals surface area contributed by atoms with Gasteiger partial charge in [-0.25, -0.2) is 0 Å². The zero-order valence-electron chi connectivity index (χ0n) is 6.95. The molecular formula is C8H6ClN3O2. The van der Waals surface area contributed by atoms with Crippen LogP contribution in [0.25, 0.3) is 10.9 Å². The first-order valence-corrected chi connectivity index (χ1v) is 4.18. The zero-order valence-corrected chi connectivity index (χ0v) is 7.71. The number of nitrogen functional groups attached to an aromatic ring is 1. The Morgan fingerprint density at radius 1 is 1.57 bits per heavy atom. The molecule has 0 amide bonds. The minimum Gasteiger partial charge on any atom is -0.393 e. The van der Waals surface area contributed by atoms with E-state index in [2.05, 4.69) is 4.98 Å². The molecule has 3 N–H and O–H groups in total. The maximum absolute atomic E-state index is 10.6. The quantitative estimate of drug-likeness (QED) is 0.431. The van der Waals surface area contributed by atoms with Gasteiger partial charge in [0.15, 0.2) is 0 Å². The lowest BCUT2D eigenvalue weighted by Gasteiger charge is -2.00. The van der Waals surface area contributed by atoms with Gasteiger partial charge in [-0.05, 0) is 6.07 Å². The van der Waals surface area contributed by atoms with Gasteiger partial charge in [-0.3, -0.25) is 10.1 Å². The van der Waals surface area contributed by atoms with E-state index in [9.17, 15) is 10.1 Å². The van der Waals surface area contributed by atoms with E-state index in [-0.39, 0.29) is 11.4 Å². The molecule has 2 rings (SSSR count).